The summed E-state index contributed by atoms with van der Waals surface area (Å²) in [6.07, 6.45) is -4.79. The van der Waals surface area contributed by atoms with Crippen LogP contribution in [0.3, 0.4) is 0 Å². The number of benzene rings is 2. The molecule has 0 aliphatic carbocycles. The topological polar surface area (TPSA) is 55.8 Å². The number of rotatable bonds is 8. The van der Waals surface area contributed by atoms with E-state index in [-0.39, 0.29) is 30.3 Å². The Kier molecular flexibility index (Phi) is 6.49. The van der Waals surface area contributed by atoms with E-state index in [0.717, 1.165) is 0 Å². The average Bonchev–Trinajstić information content (AvgIpc) is 2.54. The van der Waals surface area contributed by atoms with Crippen molar-refractivity contribution in [2.75, 3.05) is 19.3 Å². The highest BCUT2D eigenvalue weighted by molar-refractivity contribution is 7.87. The molecule has 5 nitrogen and oxygen atoms in total. The van der Waals surface area contributed by atoms with E-state index in [4.69, 9.17) is 4.18 Å². The molecule has 0 unspecified atom stereocenters. The van der Waals surface area contributed by atoms with Crippen molar-refractivity contribution in [2.24, 2.45) is 0 Å². The van der Waals surface area contributed by atoms with Gasteiger partial charge in [0.15, 0.2) is 0 Å². The van der Waals surface area contributed by atoms with Crippen molar-refractivity contribution in [1.82, 2.24) is 4.90 Å². The van der Waals surface area contributed by atoms with E-state index in [0.29, 0.717) is 5.56 Å². The molecule has 0 aliphatic rings. The first-order valence-electron chi connectivity index (χ1n) is 7.64. The van der Waals surface area contributed by atoms with Gasteiger partial charge in [-0.3, -0.25) is 0 Å². The second-order valence-electron chi connectivity index (χ2n) is 5.55. The second-order valence-corrected chi connectivity index (χ2v) is 7.24. The molecule has 0 radical (unpaired) electrons. The average molecular weight is 389 g/mol. The molecule has 0 N–H and O–H groups in total. The Morgan fingerprint density at radius 1 is 1.00 bits per heavy atom. The summed E-state index contributed by atoms with van der Waals surface area (Å²) in [7, 11) is -2.21. The lowest BCUT2D eigenvalue weighted by molar-refractivity contribution is -0.275. The molecule has 2 aromatic rings. The highest BCUT2D eigenvalue weighted by Crippen LogP contribution is 2.26. The van der Waals surface area contributed by atoms with Gasteiger partial charge < -0.3 is 13.8 Å². The van der Waals surface area contributed by atoms with E-state index >= 15 is 0 Å². The Labute approximate surface area is 150 Å². The highest BCUT2D eigenvalue weighted by Gasteiger charge is 2.32. The van der Waals surface area contributed by atoms with Crippen LogP contribution in [0.5, 0.6) is 11.5 Å². The standard InChI is InChI=1S/C17H18F3NO4S/c1-21(11-12-26(22,23)25-15-8-3-2-4-9-15)13-14-7-5-6-10-16(14)24-17(18,19)20/h2-10H,11-13H2,1H3. The van der Waals surface area contributed by atoms with Crippen LogP contribution in [0.1, 0.15) is 5.56 Å². The third kappa shape index (κ3) is 6.93. The SMILES string of the molecule is CN(CCS(=O)(=O)Oc1ccccc1)Cc1ccccc1OC(F)(F)F. The second kappa shape index (κ2) is 8.41. The first kappa shape index (κ1) is 20.1. The zero-order valence-electron chi connectivity index (χ0n) is 13.9. The van der Waals surface area contributed by atoms with Crippen LogP contribution in [0, 0.1) is 0 Å². The van der Waals surface area contributed by atoms with Crippen molar-refractivity contribution in [3.8, 4) is 11.5 Å². The normalized spacial score (nSPS) is 12.2. The molecular weight excluding hydrogens is 371 g/mol. The predicted molar refractivity (Wildman–Crippen MR) is 90.3 cm³/mol. The van der Waals surface area contributed by atoms with Crippen molar-refractivity contribution in [3.05, 3.63) is 60.2 Å². The first-order chi connectivity index (χ1) is 12.1. The lowest BCUT2D eigenvalue weighted by atomic mass is 10.2. The van der Waals surface area contributed by atoms with E-state index in [2.05, 4.69) is 4.74 Å². The minimum absolute atomic E-state index is 0.0789. The number of hydrogen-bond acceptors (Lipinski definition) is 5. The van der Waals surface area contributed by atoms with Gasteiger partial charge in [-0.15, -0.1) is 13.2 Å². The molecule has 0 amide bonds. The van der Waals surface area contributed by atoms with Crippen LogP contribution >= 0.6 is 0 Å². The van der Waals surface area contributed by atoms with Crippen molar-refractivity contribution >= 4 is 10.1 Å². The van der Waals surface area contributed by atoms with Crippen LogP contribution in [-0.4, -0.2) is 39.0 Å². The molecule has 0 heterocycles. The molecule has 0 aliphatic heterocycles. The predicted octanol–water partition coefficient (Wildman–Crippen LogP) is 3.43. The summed E-state index contributed by atoms with van der Waals surface area (Å²) < 4.78 is 70.2. The van der Waals surface area contributed by atoms with Crippen molar-refractivity contribution in [2.45, 2.75) is 12.9 Å². The lowest BCUT2D eigenvalue weighted by Crippen LogP contribution is -2.28. The molecule has 26 heavy (non-hydrogen) atoms. The molecule has 0 aromatic heterocycles. The van der Waals surface area contributed by atoms with Gasteiger partial charge in [-0.2, -0.15) is 8.42 Å². The fraction of sp³-hybridized carbons (Fsp3) is 0.294. The maximum absolute atomic E-state index is 12.4. The number of alkyl halides is 3. The van der Waals surface area contributed by atoms with E-state index in [1.54, 1.807) is 36.2 Å². The Morgan fingerprint density at radius 3 is 2.27 bits per heavy atom. The molecule has 0 saturated heterocycles. The summed E-state index contributed by atoms with van der Waals surface area (Å²) in [6, 6.07) is 13.8. The van der Waals surface area contributed by atoms with Gasteiger partial charge in [0, 0.05) is 18.7 Å². The van der Waals surface area contributed by atoms with Crippen molar-refractivity contribution in [3.63, 3.8) is 0 Å². The highest BCUT2D eigenvalue weighted by atomic mass is 32.2. The monoisotopic (exact) mass is 389 g/mol. The third-order valence-corrected chi connectivity index (χ3v) is 4.46. The zero-order valence-corrected chi connectivity index (χ0v) is 14.8. The summed E-state index contributed by atoms with van der Waals surface area (Å²) in [5, 5.41) is 0. The van der Waals surface area contributed by atoms with E-state index in [1.165, 1.54) is 30.3 Å². The summed E-state index contributed by atoms with van der Waals surface area (Å²) in [4.78, 5) is 1.57. The Hall–Kier alpha value is -2.26. The molecule has 2 aromatic carbocycles. The van der Waals surface area contributed by atoms with Gasteiger partial charge in [-0.05, 0) is 25.2 Å². The fourth-order valence-corrected chi connectivity index (χ4v) is 3.18. The van der Waals surface area contributed by atoms with E-state index < -0.39 is 16.5 Å². The molecule has 142 valence electrons. The summed E-state index contributed by atoms with van der Waals surface area (Å²) in [5.41, 5.74) is 0.300. The molecule has 9 heteroatoms. The Bertz CT molecular complexity index is 810. The quantitative estimate of drug-likeness (QED) is 0.648. The minimum atomic E-state index is -4.79. The summed E-state index contributed by atoms with van der Waals surface area (Å²) in [5.74, 6) is -0.407. The molecule has 2 rings (SSSR count). The number of halogens is 3. The van der Waals surface area contributed by atoms with Gasteiger partial charge in [-0.25, -0.2) is 0 Å². The molecule has 0 fully saturated rings. The number of ether oxygens (including phenoxy) is 1. The van der Waals surface area contributed by atoms with Crippen molar-refractivity contribution in [1.29, 1.82) is 0 Å². The Morgan fingerprint density at radius 2 is 1.62 bits per heavy atom. The lowest BCUT2D eigenvalue weighted by Gasteiger charge is -2.19. The van der Waals surface area contributed by atoms with Gasteiger partial charge in [-0.1, -0.05) is 36.4 Å². The van der Waals surface area contributed by atoms with Crippen LogP contribution < -0.4 is 8.92 Å². The van der Waals surface area contributed by atoms with Crippen LogP contribution in [0.15, 0.2) is 54.6 Å². The molecule has 0 atom stereocenters. The van der Waals surface area contributed by atoms with Crippen LogP contribution in [-0.2, 0) is 16.7 Å². The van der Waals surface area contributed by atoms with E-state index in [1.807, 2.05) is 0 Å². The smallest absolute Gasteiger partial charge is 0.405 e. The van der Waals surface area contributed by atoms with Gasteiger partial charge in [0.05, 0.1) is 5.75 Å². The molecule has 0 spiro atoms. The van der Waals surface area contributed by atoms with E-state index in [9.17, 15) is 21.6 Å². The van der Waals surface area contributed by atoms with Crippen LogP contribution in [0.4, 0.5) is 13.2 Å². The fourth-order valence-electron chi connectivity index (χ4n) is 2.16. The summed E-state index contributed by atoms with van der Waals surface area (Å²) in [6.45, 7) is 0.169. The summed E-state index contributed by atoms with van der Waals surface area (Å²) >= 11 is 0. The first-order valence-corrected chi connectivity index (χ1v) is 9.22. The number of nitrogens with zero attached hydrogens (tertiary/aromatic N) is 1. The Balaban J connectivity index is 1.94. The molecule has 0 bridgehead atoms. The minimum Gasteiger partial charge on any atom is -0.405 e. The third-order valence-electron chi connectivity index (χ3n) is 3.33. The number of hydrogen-bond donors (Lipinski definition) is 0. The number of para-hydroxylation sites is 2. The largest absolute Gasteiger partial charge is 0.573 e. The van der Waals surface area contributed by atoms with Gasteiger partial charge >= 0.3 is 16.5 Å². The van der Waals surface area contributed by atoms with Gasteiger partial charge in [0.25, 0.3) is 0 Å². The molecule has 0 saturated carbocycles. The van der Waals surface area contributed by atoms with Crippen LogP contribution in [0.2, 0.25) is 0 Å². The maximum atomic E-state index is 12.4. The van der Waals surface area contributed by atoms with Gasteiger partial charge in [0.2, 0.25) is 0 Å². The maximum Gasteiger partial charge on any atom is 0.573 e. The van der Waals surface area contributed by atoms with Crippen LogP contribution in [0.25, 0.3) is 0 Å². The van der Waals surface area contributed by atoms with Gasteiger partial charge in [0.1, 0.15) is 11.5 Å². The van der Waals surface area contributed by atoms with Crippen molar-refractivity contribution < 1.29 is 30.5 Å². The zero-order chi connectivity index (χ0) is 19.2. The molecular formula is C17H18F3NO4S.